The molecule has 1 atom stereocenters. The van der Waals surface area contributed by atoms with E-state index in [0.29, 0.717) is 6.54 Å². The highest BCUT2D eigenvalue weighted by molar-refractivity contribution is 5.44. The minimum absolute atomic E-state index is 0.100. The molecule has 0 heterocycles. The van der Waals surface area contributed by atoms with Crippen LogP contribution in [0.5, 0.6) is 23.0 Å². The summed E-state index contributed by atoms with van der Waals surface area (Å²) in [7, 11) is 6.60. The zero-order valence-electron chi connectivity index (χ0n) is 14.9. The van der Waals surface area contributed by atoms with Crippen molar-refractivity contribution in [2.24, 2.45) is 0 Å². The lowest BCUT2D eigenvalue weighted by Gasteiger charge is -2.19. The van der Waals surface area contributed by atoms with Crippen molar-refractivity contribution in [1.29, 1.82) is 0 Å². The summed E-state index contributed by atoms with van der Waals surface area (Å²) in [5.74, 6) is 3.10. The van der Waals surface area contributed by atoms with Crippen LogP contribution < -0.4 is 24.3 Å². The number of rotatable bonds is 8. The van der Waals surface area contributed by atoms with Gasteiger partial charge in [-0.15, -0.1) is 0 Å². The second-order valence-electron chi connectivity index (χ2n) is 5.40. The lowest BCUT2D eigenvalue weighted by Crippen LogP contribution is -2.18. The van der Waals surface area contributed by atoms with E-state index >= 15 is 0 Å². The van der Waals surface area contributed by atoms with Crippen LogP contribution in [-0.2, 0) is 6.54 Å². The Hall–Kier alpha value is -2.40. The van der Waals surface area contributed by atoms with Crippen molar-refractivity contribution in [3.05, 3.63) is 47.5 Å². The summed E-state index contributed by atoms with van der Waals surface area (Å²) in [4.78, 5) is 0. The molecule has 2 aromatic carbocycles. The summed E-state index contributed by atoms with van der Waals surface area (Å²) in [5, 5.41) is 3.50. The molecular weight excluding hydrogens is 306 g/mol. The van der Waals surface area contributed by atoms with E-state index in [1.807, 2.05) is 36.4 Å². The fraction of sp³-hybridized carbons (Fsp3) is 0.368. The van der Waals surface area contributed by atoms with E-state index in [2.05, 4.69) is 12.2 Å². The summed E-state index contributed by atoms with van der Waals surface area (Å²) in [6, 6.07) is 11.8. The molecule has 0 radical (unpaired) electrons. The Morgan fingerprint density at radius 3 is 2.08 bits per heavy atom. The molecular formula is C19H25NO4. The first kappa shape index (κ1) is 17.9. The molecule has 0 aliphatic rings. The molecule has 0 saturated carbocycles. The van der Waals surface area contributed by atoms with Gasteiger partial charge >= 0.3 is 0 Å². The standard InChI is InChI=1S/C19H25NO4/c1-13(16-11-15(21-2)7-9-17(16)22-3)20-12-14-6-8-18(23-4)19(10-14)24-5/h6-11,13,20H,12H2,1-5H3/t13-/m1/s1. The molecule has 0 aliphatic heterocycles. The van der Waals surface area contributed by atoms with Gasteiger partial charge in [0.15, 0.2) is 11.5 Å². The molecule has 0 amide bonds. The van der Waals surface area contributed by atoms with Crippen molar-refractivity contribution in [3.63, 3.8) is 0 Å². The van der Waals surface area contributed by atoms with E-state index in [1.165, 1.54) is 0 Å². The molecule has 0 aliphatic carbocycles. The molecule has 0 unspecified atom stereocenters. The molecule has 5 nitrogen and oxygen atoms in total. The highest BCUT2D eigenvalue weighted by Crippen LogP contribution is 2.30. The van der Waals surface area contributed by atoms with Gasteiger partial charge in [-0.05, 0) is 42.8 Å². The first-order valence-electron chi connectivity index (χ1n) is 7.79. The molecule has 0 fully saturated rings. The zero-order chi connectivity index (χ0) is 17.5. The maximum Gasteiger partial charge on any atom is 0.161 e. The van der Waals surface area contributed by atoms with Crippen molar-refractivity contribution in [3.8, 4) is 23.0 Å². The maximum absolute atomic E-state index is 5.45. The molecule has 0 saturated heterocycles. The third-order valence-electron chi connectivity index (χ3n) is 3.96. The van der Waals surface area contributed by atoms with E-state index in [-0.39, 0.29) is 6.04 Å². The van der Waals surface area contributed by atoms with Crippen LogP contribution in [-0.4, -0.2) is 28.4 Å². The summed E-state index contributed by atoms with van der Waals surface area (Å²) in [6.07, 6.45) is 0. The first-order valence-corrected chi connectivity index (χ1v) is 7.79. The van der Waals surface area contributed by atoms with Gasteiger partial charge < -0.3 is 24.3 Å². The number of hydrogen-bond donors (Lipinski definition) is 1. The van der Waals surface area contributed by atoms with Crippen molar-refractivity contribution in [2.45, 2.75) is 19.5 Å². The van der Waals surface area contributed by atoms with Crippen LogP contribution in [0.4, 0.5) is 0 Å². The van der Waals surface area contributed by atoms with E-state index in [0.717, 1.165) is 34.1 Å². The van der Waals surface area contributed by atoms with Crippen LogP contribution in [0.25, 0.3) is 0 Å². The Labute approximate surface area is 143 Å². The van der Waals surface area contributed by atoms with Crippen molar-refractivity contribution >= 4 is 0 Å². The van der Waals surface area contributed by atoms with Crippen LogP contribution >= 0.6 is 0 Å². The van der Waals surface area contributed by atoms with Crippen LogP contribution in [0, 0.1) is 0 Å². The van der Waals surface area contributed by atoms with E-state index in [9.17, 15) is 0 Å². The van der Waals surface area contributed by atoms with Crippen molar-refractivity contribution in [2.75, 3.05) is 28.4 Å². The van der Waals surface area contributed by atoms with Gasteiger partial charge in [-0.1, -0.05) is 6.07 Å². The van der Waals surface area contributed by atoms with Gasteiger partial charge in [-0.2, -0.15) is 0 Å². The van der Waals surface area contributed by atoms with Gasteiger partial charge in [0.25, 0.3) is 0 Å². The predicted octanol–water partition coefficient (Wildman–Crippen LogP) is 3.57. The van der Waals surface area contributed by atoms with Gasteiger partial charge in [0.1, 0.15) is 11.5 Å². The topological polar surface area (TPSA) is 49.0 Å². The monoisotopic (exact) mass is 331 g/mol. The van der Waals surface area contributed by atoms with E-state index in [4.69, 9.17) is 18.9 Å². The normalized spacial score (nSPS) is 11.7. The second-order valence-corrected chi connectivity index (χ2v) is 5.40. The second kappa shape index (κ2) is 8.45. The average Bonchev–Trinajstić information content (AvgIpc) is 2.65. The quantitative estimate of drug-likeness (QED) is 0.801. The van der Waals surface area contributed by atoms with Gasteiger partial charge in [0, 0.05) is 18.2 Å². The molecule has 0 aromatic heterocycles. The molecule has 130 valence electrons. The van der Waals surface area contributed by atoms with Gasteiger partial charge in [0.2, 0.25) is 0 Å². The minimum Gasteiger partial charge on any atom is -0.497 e. The molecule has 0 spiro atoms. The van der Waals surface area contributed by atoms with E-state index < -0.39 is 0 Å². The molecule has 5 heteroatoms. The van der Waals surface area contributed by atoms with Crippen LogP contribution in [0.1, 0.15) is 24.1 Å². The molecule has 24 heavy (non-hydrogen) atoms. The molecule has 2 aromatic rings. The largest absolute Gasteiger partial charge is 0.497 e. The smallest absolute Gasteiger partial charge is 0.161 e. The molecule has 0 bridgehead atoms. The van der Waals surface area contributed by atoms with Crippen LogP contribution in [0.2, 0.25) is 0 Å². The summed E-state index contributed by atoms with van der Waals surface area (Å²) in [5.41, 5.74) is 2.17. The summed E-state index contributed by atoms with van der Waals surface area (Å²) >= 11 is 0. The van der Waals surface area contributed by atoms with Crippen LogP contribution in [0.3, 0.4) is 0 Å². The number of benzene rings is 2. The summed E-state index contributed by atoms with van der Waals surface area (Å²) < 4.78 is 21.4. The number of methoxy groups -OCH3 is 4. The lowest BCUT2D eigenvalue weighted by molar-refractivity contribution is 0.354. The summed E-state index contributed by atoms with van der Waals surface area (Å²) in [6.45, 7) is 2.79. The fourth-order valence-corrected chi connectivity index (χ4v) is 2.55. The molecule has 2 rings (SSSR count). The van der Waals surface area contributed by atoms with Crippen LogP contribution in [0.15, 0.2) is 36.4 Å². The van der Waals surface area contributed by atoms with Crippen molar-refractivity contribution in [1.82, 2.24) is 5.32 Å². The average molecular weight is 331 g/mol. The third-order valence-corrected chi connectivity index (χ3v) is 3.96. The van der Waals surface area contributed by atoms with Crippen molar-refractivity contribution < 1.29 is 18.9 Å². The Morgan fingerprint density at radius 2 is 1.46 bits per heavy atom. The SMILES string of the molecule is COc1ccc(OC)c([C@@H](C)NCc2ccc(OC)c(OC)c2)c1. The maximum atomic E-state index is 5.45. The minimum atomic E-state index is 0.100. The Kier molecular flexibility index (Phi) is 6.32. The lowest BCUT2D eigenvalue weighted by atomic mass is 10.1. The highest BCUT2D eigenvalue weighted by Gasteiger charge is 2.13. The predicted molar refractivity (Wildman–Crippen MR) is 94.3 cm³/mol. The number of ether oxygens (including phenoxy) is 4. The first-order chi connectivity index (χ1) is 11.6. The number of nitrogens with one attached hydrogen (secondary N) is 1. The Bertz CT molecular complexity index is 672. The van der Waals surface area contributed by atoms with E-state index in [1.54, 1.807) is 28.4 Å². The Balaban J connectivity index is 2.12. The third kappa shape index (κ3) is 4.11. The van der Waals surface area contributed by atoms with Gasteiger partial charge in [-0.3, -0.25) is 0 Å². The zero-order valence-corrected chi connectivity index (χ0v) is 14.9. The molecule has 1 N–H and O–H groups in total. The van der Waals surface area contributed by atoms with Gasteiger partial charge in [0.05, 0.1) is 28.4 Å². The fourth-order valence-electron chi connectivity index (χ4n) is 2.55. The highest BCUT2D eigenvalue weighted by atomic mass is 16.5. The number of hydrogen-bond acceptors (Lipinski definition) is 5. The Morgan fingerprint density at radius 1 is 0.792 bits per heavy atom. The van der Waals surface area contributed by atoms with Gasteiger partial charge in [-0.25, -0.2) is 0 Å².